The summed E-state index contributed by atoms with van der Waals surface area (Å²) in [7, 11) is 0. The molecular weight excluding hydrogens is 180 g/mol. The minimum absolute atomic E-state index is 0.185. The molecule has 2 N–H and O–H groups in total. The highest BCUT2D eigenvalue weighted by molar-refractivity contribution is 5.97. The van der Waals surface area contributed by atoms with Crippen molar-refractivity contribution in [2.75, 3.05) is 0 Å². The topological polar surface area (TPSA) is 74.8 Å². The predicted octanol–water partition coefficient (Wildman–Crippen LogP) is 0.857. The van der Waals surface area contributed by atoms with E-state index >= 15 is 0 Å². The zero-order chi connectivity index (χ0) is 9.97. The first kappa shape index (κ1) is 8.43. The molecule has 0 spiro atoms. The maximum Gasteiger partial charge on any atom is 0.138 e. The van der Waals surface area contributed by atoms with Gasteiger partial charge in [-0.05, 0) is 24.3 Å². The molecule has 0 atom stereocenters. The highest BCUT2D eigenvalue weighted by atomic mass is 16.3. The summed E-state index contributed by atoms with van der Waals surface area (Å²) in [6.45, 7) is 0. The van der Waals surface area contributed by atoms with Crippen molar-refractivity contribution in [3.05, 3.63) is 42.5 Å². The first-order chi connectivity index (χ1) is 6.77. The van der Waals surface area contributed by atoms with Gasteiger partial charge in [-0.3, -0.25) is 9.98 Å². The molecule has 0 aliphatic heterocycles. The molecule has 2 aromatic rings. The quantitative estimate of drug-likeness (QED) is 0.514. The SMILES string of the molecule is N=C(c1ccc(O)cc1)n1cnnc1. The Kier molecular flexibility index (Phi) is 1.98. The average molecular weight is 188 g/mol. The zero-order valence-electron chi connectivity index (χ0n) is 7.25. The number of benzene rings is 1. The van der Waals surface area contributed by atoms with E-state index in [1.807, 2.05) is 0 Å². The van der Waals surface area contributed by atoms with Gasteiger partial charge in [0.25, 0.3) is 0 Å². The smallest absolute Gasteiger partial charge is 0.138 e. The van der Waals surface area contributed by atoms with Gasteiger partial charge in [-0.1, -0.05) is 0 Å². The largest absolute Gasteiger partial charge is 0.508 e. The van der Waals surface area contributed by atoms with Gasteiger partial charge in [0.2, 0.25) is 0 Å². The Hall–Kier alpha value is -2.17. The van der Waals surface area contributed by atoms with E-state index in [2.05, 4.69) is 10.2 Å². The minimum atomic E-state index is 0.185. The number of rotatable bonds is 1. The third-order valence-electron chi connectivity index (χ3n) is 1.82. The number of phenols is 1. The Balaban J connectivity index is 2.33. The molecule has 0 fully saturated rings. The third kappa shape index (κ3) is 1.47. The second-order valence-corrected chi connectivity index (χ2v) is 2.76. The number of nitrogens with one attached hydrogen (secondary N) is 1. The molecule has 0 radical (unpaired) electrons. The Morgan fingerprint density at radius 2 is 1.71 bits per heavy atom. The molecule has 0 amide bonds. The number of hydrogen-bond acceptors (Lipinski definition) is 4. The summed E-state index contributed by atoms with van der Waals surface area (Å²) in [4.78, 5) is 0. The summed E-state index contributed by atoms with van der Waals surface area (Å²) in [5.41, 5.74) is 0.697. The molecule has 70 valence electrons. The van der Waals surface area contributed by atoms with Crippen molar-refractivity contribution in [2.24, 2.45) is 0 Å². The molecular formula is C9H8N4O. The van der Waals surface area contributed by atoms with E-state index in [0.29, 0.717) is 5.56 Å². The second-order valence-electron chi connectivity index (χ2n) is 2.76. The molecule has 1 aromatic carbocycles. The Morgan fingerprint density at radius 1 is 1.14 bits per heavy atom. The van der Waals surface area contributed by atoms with Gasteiger partial charge in [0, 0.05) is 5.56 Å². The van der Waals surface area contributed by atoms with Gasteiger partial charge in [0.05, 0.1) is 0 Å². The normalized spacial score (nSPS) is 10.0. The van der Waals surface area contributed by atoms with Crippen LogP contribution in [-0.2, 0) is 0 Å². The lowest BCUT2D eigenvalue weighted by Crippen LogP contribution is -2.09. The fourth-order valence-electron chi connectivity index (χ4n) is 1.08. The van der Waals surface area contributed by atoms with Crippen LogP contribution in [0, 0.1) is 5.41 Å². The molecule has 0 bridgehead atoms. The van der Waals surface area contributed by atoms with E-state index in [0.717, 1.165) is 0 Å². The summed E-state index contributed by atoms with van der Waals surface area (Å²) in [6.07, 6.45) is 2.91. The van der Waals surface area contributed by atoms with E-state index in [-0.39, 0.29) is 11.6 Å². The number of phenolic OH excluding ortho intramolecular Hbond substituents is 1. The lowest BCUT2D eigenvalue weighted by molar-refractivity contribution is 0.475. The molecule has 1 aromatic heterocycles. The van der Waals surface area contributed by atoms with Crippen molar-refractivity contribution < 1.29 is 5.11 Å². The minimum Gasteiger partial charge on any atom is -0.508 e. The van der Waals surface area contributed by atoms with Gasteiger partial charge in [0.1, 0.15) is 24.2 Å². The predicted molar refractivity (Wildman–Crippen MR) is 50.4 cm³/mol. The molecule has 14 heavy (non-hydrogen) atoms. The van der Waals surface area contributed by atoms with Crippen molar-refractivity contribution in [1.29, 1.82) is 5.41 Å². The molecule has 0 unspecified atom stereocenters. The van der Waals surface area contributed by atoms with Crippen molar-refractivity contribution in [3.8, 4) is 5.75 Å². The fraction of sp³-hybridized carbons (Fsp3) is 0. The van der Waals surface area contributed by atoms with E-state index in [1.165, 1.54) is 29.4 Å². The van der Waals surface area contributed by atoms with Crippen LogP contribution in [0.2, 0.25) is 0 Å². The molecule has 5 nitrogen and oxygen atoms in total. The number of aromatic nitrogens is 3. The van der Waals surface area contributed by atoms with Crippen LogP contribution in [0.25, 0.3) is 0 Å². The first-order valence-electron chi connectivity index (χ1n) is 4.00. The number of nitrogens with zero attached hydrogens (tertiary/aromatic N) is 3. The van der Waals surface area contributed by atoms with Crippen LogP contribution in [0.4, 0.5) is 0 Å². The molecule has 2 rings (SSSR count). The molecule has 0 saturated carbocycles. The lowest BCUT2D eigenvalue weighted by atomic mass is 10.2. The monoisotopic (exact) mass is 188 g/mol. The van der Waals surface area contributed by atoms with Crippen LogP contribution in [0.15, 0.2) is 36.9 Å². The van der Waals surface area contributed by atoms with E-state index in [9.17, 15) is 0 Å². The summed E-state index contributed by atoms with van der Waals surface area (Å²) in [5.74, 6) is 0.459. The molecule has 0 aliphatic rings. The summed E-state index contributed by atoms with van der Waals surface area (Å²) >= 11 is 0. The molecule has 5 heteroatoms. The van der Waals surface area contributed by atoms with Crippen molar-refractivity contribution in [2.45, 2.75) is 0 Å². The third-order valence-corrected chi connectivity index (χ3v) is 1.82. The van der Waals surface area contributed by atoms with Gasteiger partial charge in [-0.25, -0.2) is 0 Å². The van der Waals surface area contributed by atoms with Crippen LogP contribution >= 0.6 is 0 Å². The van der Waals surface area contributed by atoms with E-state index < -0.39 is 0 Å². The summed E-state index contributed by atoms with van der Waals surface area (Å²) in [6, 6.07) is 6.40. The molecule has 0 saturated heterocycles. The summed E-state index contributed by atoms with van der Waals surface area (Å²) in [5, 5.41) is 24.0. The Bertz CT molecular complexity index is 432. The average Bonchev–Trinajstić information content (AvgIpc) is 2.71. The zero-order valence-corrected chi connectivity index (χ0v) is 7.25. The number of hydrogen-bond donors (Lipinski definition) is 2. The standard InChI is InChI=1S/C9H8N4O/c10-9(13-5-11-12-6-13)7-1-3-8(14)4-2-7/h1-6,10,14H. The highest BCUT2D eigenvalue weighted by Gasteiger charge is 2.02. The maximum atomic E-state index is 9.07. The molecule has 1 heterocycles. The van der Waals surface area contributed by atoms with Crippen LogP contribution in [-0.4, -0.2) is 25.7 Å². The van der Waals surface area contributed by atoms with Gasteiger partial charge in [0.15, 0.2) is 0 Å². The molecule has 0 aliphatic carbocycles. The van der Waals surface area contributed by atoms with Gasteiger partial charge >= 0.3 is 0 Å². The van der Waals surface area contributed by atoms with Gasteiger partial charge in [-0.2, -0.15) is 0 Å². The van der Waals surface area contributed by atoms with E-state index in [4.69, 9.17) is 10.5 Å². The van der Waals surface area contributed by atoms with Crippen molar-refractivity contribution in [1.82, 2.24) is 14.8 Å². The highest BCUT2D eigenvalue weighted by Crippen LogP contribution is 2.10. The Labute approximate surface area is 80.2 Å². The first-order valence-corrected chi connectivity index (χ1v) is 4.00. The van der Waals surface area contributed by atoms with Crippen LogP contribution in [0.3, 0.4) is 0 Å². The van der Waals surface area contributed by atoms with Crippen LogP contribution in [0.1, 0.15) is 5.56 Å². The van der Waals surface area contributed by atoms with Gasteiger partial charge < -0.3 is 5.11 Å². The summed E-state index contributed by atoms with van der Waals surface area (Å²) < 4.78 is 1.49. The van der Waals surface area contributed by atoms with Crippen LogP contribution < -0.4 is 0 Å². The van der Waals surface area contributed by atoms with Crippen molar-refractivity contribution in [3.63, 3.8) is 0 Å². The Morgan fingerprint density at radius 3 is 2.29 bits per heavy atom. The van der Waals surface area contributed by atoms with Crippen molar-refractivity contribution >= 4 is 5.84 Å². The van der Waals surface area contributed by atoms with Crippen LogP contribution in [0.5, 0.6) is 5.75 Å². The van der Waals surface area contributed by atoms with E-state index in [1.54, 1.807) is 12.1 Å². The fourth-order valence-corrected chi connectivity index (χ4v) is 1.08. The second kappa shape index (κ2) is 3.29. The lowest BCUT2D eigenvalue weighted by Gasteiger charge is -2.03. The number of aromatic hydroxyl groups is 1. The van der Waals surface area contributed by atoms with Gasteiger partial charge in [-0.15, -0.1) is 10.2 Å². The maximum absolute atomic E-state index is 9.07.